The summed E-state index contributed by atoms with van der Waals surface area (Å²) in [5.74, 6) is 0.173. The second-order valence-corrected chi connectivity index (χ2v) is 6.82. The topological polar surface area (TPSA) is 88.2 Å². The maximum absolute atomic E-state index is 11.9. The predicted molar refractivity (Wildman–Crippen MR) is 76.9 cm³/mol. The summed E-state index contributed by atoms with van der Waals surface area (Å²) in [4.78, 5) is 15.2. The van der Waals surface area contributed by atoms with Crippen LogP contribution < -0.4 is 10.0 Å². The number of hydrogen-bond acceptors (Lipinski definition) is 4. The van der Waals surface area contributed by atoms with Gasteiger partial charge in [0.05, 0.1) is 0 Å². The molecule has 20 heavy (non-hydrogen) atoms. The molecule has 0 saturated heterocycles. The first-order chi connectivity index (χ1) is 9.31. The first kappa shape index (κ1) is 16.9. The van der Waals surface area contributed by atoms with Gasteiger partial charge in [0.25, 0.3) is 0 Å². The van der Waals surface area contributed by atoms with Crippen LogP contribution in [-0.2, 0) is 14.8 Å². The summed E-state index contributed by atoms with van der Waals surface area (Å²) in [6.07, 6.45) is 1.26. The lowest BCUT2D eigenvalue weighted by Crippen LogP contribution is -2.32. The second-order valence-electron chi connectivity index (χ2n) is 4.66. The van der Waals surface area contributed by atoms with Crippen molar-refractivity contribution in [2.45, 2.75) is 25.2 Å². The van der Waals surface area contributed by atoms with Gasteiger partial charge < -0.3 is 5.32 Å². The van der Waals surface area contributed by atoms with E-state index in [1.165, 1.54) is 18.3 Å². The van der Waals surface area contributed by atoms with Gasteiger partial charge in [0, 0.05) is 25.7 Å². The maximum atomic E-state index is 11.9. The minimum Gasteiger partial charge on any atom is -0.356 e. The van der Waals surface area contributed by atoms with Crippen molar-refractivity contribution < 1.29 is 13.2 Å². The Labute approximate surface area is 124 Å². The van der Waals surface area contributed by atoms with Crippen molar-refractivity contribution in [2.75, 3.05) is 13.1 Å². The van der Waals surface area contributed by atoms with Crippen LogP contribution in [0.25, 0.3) is 0 Å². The number of carbonyl (C=O) groups is 1. The molecular weight excluding hydrogens is 302 g/mol. The molecule has 0 aromatic carbocycles. The number of amides is 1. The molecule has 1 aromatic heterocycles. The molecule has 0 fully saturated rings. The zero-order valence-corrected chi connectivity index (χ0v) is 13.0. The van der Waals surface area contributed by atoms with E-state index in [0.717, 1.165) is 0 Å². The molecule has 112 valence electrons. The molecule has 0 aliphatic heterocycles. The Balaban J connectivity index is 2.44. The molecule has 8 heteroatoms. The summed E-state index contributed by atoms with van der Waals surface area (Å²) >= 11 is 5.59. The monoisotopic (exact) mass is 319 g/mol. The van der Waals surface area contributed by atoms with Crippen molar-refractivity contribution in [1.29, 1.82) is 0 Å². The SMILES string of the molecule is CC(C)CNC(=O)CCNS(=O)(=O)c1ccc(Cl)nc1. The quantitative estimate of drug-likeness (QED) is 0.739. The molecule has 0 saturated carbocycles. The lowest BCUT2D eigenvalue weighted by atomic mass is 10.2. The van der Waals surface area contributed by atoms with Gasteiger partial charge in [-0.15, -0.1) is 0 Å². The maximum Gasteiger partial charge on any atom is 0.242 e. The van der Waals surface area contributed by atoms with Crippen LogP contribution in [0.1, 0.15) is 20.3 Å². The Morgan fingerprint density at radius 1 is 1.40 bits per heavy atom. The highest BCUT2D eigenvalue weighted by Gasteiger charge is 2.14. The van der Waals surface area contributed by atoms with Gasteiger partial charge in [-0.25, -0.2) is 18.1 Å². The summed E-state index contributed by atoms with van der Waals surface area (Å²) in [5, 5.41) is 2.93. The molecule has 1 rings (SSSR count). The standard InChI is InChI=1S/C12H18ClN3O3S/c1-9(2)7-15-12(17)5-6-16-20(18,19)10-3-4-11(13)14-8-10/h3-4,8-9,16H,5-7H2,1-2H3,(H,15,17). The van der Waals surface area contributed by atoms with E-state index in [-0.39, 0.29) is 28.9 Å². The number of rotatable bonds is 7. The van der Waals surface area contributed by atoms with E-state index in [1.807, 2.05) is 13.8 Å². The third kappa shape index (κ3) is 5.85. The second kappa shape index (κ2) is 7.56. The highest BCUT2D eigenvalue weighted by Crippen LogP contribution is 2.10. The molecule has 1 amide bonds. The lowest BCUT2D eigenvalue weighted by Gasteiger charge is -2.08. The van der Waals surface area contributed by atoms with Crippen LogP contribution in [0.4, 0.5) is 0 Å². The fraction of sp³-hybridized carbons (Fsp3) is 0.500. The molecule has 0 bridgehead atoms. The summed E-state index contributed by atoms with van der Waals surface area (Å²) in [6, 6.07) is 2.75. The van der Waals surface area contributed by atoms with E-state index < -0.39 is 10.0 Å². The molecule has 1 heterocycles. The van der Waals surface area contributed by atoms with Gasteiger partial charge in [0.1, 0.15) is 10.0 Å². The van der Waals surface area contributed by atoms with E-state index in [2.05, 4.69) is 15.0 Å². The van der Waals surface area contributed by atoms with Gasteiger partial charge in [0.15, 0.2) is 0 Å². The Bertz CT molecular complexity index is 544. The van der Waals surface area contributed by atoms with E-state index in [4.69, 9.17) is 11.6 Å². The van der Waals surface area contributed by atoms with Crippen LogP contribution in [0.2, 0.25) is 5.15 Å². The zero-order valence-electron chi connectivity index (χ0n) is 11.4. The van der Waals surface area contributed by atoms with Crippen molar-refractivity contribution in [1.82, 2.24) is 15.0 Å². The zero-order chi connectivity index (χ0) is 15.2. The number of nitrogens with one attached hydrogen (secondary N) is 2. The largest absolute Gasteiger partial charge is 0.356 e. The number of sulfonamides is 1. The van der Waals surface area contributed by atoms with Crippen molar-refractivity contribution in [3.63, 3.8) is 0 Å². The van der Waals surface area contributed by atoms with Crippen molar-refractivity contribution in [3.8, 4) is 0 Å². The summed E-state index contributed by atoms with van der Waals surface area (Å²) < 4.78 is 26.1. The average Bonchev–Trinajstić information content (AvgIpc) is 2.36. The summed E-state index contributed by atoms with van der Waals surface area (Å²) in [5.41, 5.74) is 0. The minimum absolute atomic E-state index is 0.0180. The summed E-state index contributed by atoms with van der Waals surface area (Å²) in [6.45, 7) is 4.58. The fourth-order valence-corrected chi connectivity index (χ4v) is 2.40. The van der Waals surface area contributed by atoms with E-state index in [9.17, 15) is 13.2 Å². The highest BCUT2D eigenvalue weighted by atomic mass is 35.5. The molecule has 1 aromatic rings. The van der Waals surface area contributed by atoms with Gasteiger partial charge in [-0.2, -0.15) is 0 Å². The molecule has 0 aliphatic carbocycles. The summed E-state index contributed by atoms with van der Waals surface area (Å²) in [7, 11) is -3.66. The van der Waals surface area contributed by atoms with E-state index >= 15 is 0 Å². The smallest absolute Gasteiger partial charge is 0.242 e. The van der Waals surface area contributed by atoms with Crippen LogP contribution in [0, 0.1) is 5.92 Å². The van der Waals surface area contributed by atoms with Gasteiger partial charge in [-0.1, -0.05) is 25.4 Å². The Morgan fingerprint density at radius 2 is 2.10 bits per heavy atom. The molecule has 0 aliphatic rings. The average molecular weight is 320 g/mol. The van der Waals surface area contributed by atoms with Crippen LogP contribution in [0.15, 0.2) is 23.2 Å². The van der Waals surface area contributed by atoms with Crippen molar-refractivity contribution in [3.05, 3.63) is 23.5 Å². The molecule has 0 radical (unpaired) electrons. The van der Waals surface area contributed by atoms with Gasteiger partial charge in [-0.05, 0) is 18.1 Å². The van der Waals surface area contributed by atoms with Crippen molar-refractivity contribution >= 4 is 27.5 Å². The van der Waals surface area contributed by atoms with Gasteiger partial charge in [-0.3, -0.25) is 4.79 Å². The number of carbonyl (C=O) groups excluding carboxylic acids is 1. The number of nitrogens with zero attached hydrogens (tertiary/aromatic N) is 1. The number of aromatic nitrogens is 1. The van der Waals surface area contributed by atoms with Crippen LogP contribution in [0.3, 0.4) is 0 Å². The lowest BCUT2D eigenvalue weighted by molar-refractivity contribution is -0.121. The molecule has 2 N–H and O–H groups in total. The first-order valence-corrected chi connectivity index (χ1v) is 8.05. The van der Waals surface area contributed by atoms with Crippen molar-refractivity contribution in [2.24, 2.45) is 5.92 Å². The normalized spacial score (nSPS) is 11.6. The first-order valence-electron chi connectivity index (χ1n) is 6.19. The predicted octanol–water partition coefficient (Wildman–Crippen LogP) is 1.18. The van der Waals surface area contributed by atoms with Gasteiger partial charge in [0.2, 0.25) is 15.9 Å². The van der Waals surface area contributed by atoms with Crippen LogP contribution in [-0.4, -0.2) is 32.4 Å². The Kier molecular flexibility index (Phi) is 6.38. The highest BCUT2D eigenvalue weighted by molar-refractivity contribution is 7.89. The van der Waals surface area contributed by atoms with Crippen LogP contribution >= 0.6 is 11.6 Å². The Hall–Kier alpha value is -1.18. The fourth-order valence-electron chi connectivity index (χ4n) is 1.31. The molecule has 0 atom stereocenters. The molecule has 0 unspecified atom stereocenters. The number of halogens is 1. The number of pyridine rings is 1. The van der Waals surface area contributed by atoms with Gasteiger partial charge >= 0.3 is 0 Å². The third-order valence-corrected chi connectivity index (χ3v) is 4.03. The number of hydrogen-bond donors (Lipinski definition) is 2. The molecule has 6 nitrogen and oxygen atoms in total. The minimum atomic E-state index is -3.66. The van der Waals surface area contributed by atoms with Crippen LogP contribution in [0.5, 0.6) is 0 Å². The molecule has 0 spiro atoms. The van der Waals surface area contributed by atoms with E-state index in [0.29, 0.717) is 12.5 Å². The third-order valence-electron chi connectivity index (χ3n) is 2.36. The molecular formula is C12H18ClN3O3S. The Morgan fingerprint density at radius 3 is 2.65 bits per heavy atom. The van der Waals surface area contributed by atoms with E-state index in [1.54, 1.807) is 0 Å².